The molecule has 0 saturated heterocycles. The van der Waals surface area contributed by atoms with Crippen molar-refractivity contribution in [3.05, 3.63) is 71.8 Å². The Morgan fingerprint density at radius 2 is 1.88 bits per heavy atom. The minimum absolute atomic E-state index is 0.0201. The fourth-order valence-electron chi connectivity index (χ4n) is 2.38. The predicted octanol–water partition coefficient (Wildman–Crippen LogP) is 4.37. The first-order chi connectivity index (χ1) is 11.4. The van der Waals surface area contributed by atoms with Crippen LogP contribution in [0.1, 0.15) is 37.5 Å². The maximum absolute atomic E-state index is 12.3. The molecule has 0 heterocycles. The summed E-state index contributed by atoms with van der Waals surface area (Å²) < 4.78 is 5.94. The largest absolute Gasteiger partial charge is 0.489 e. The number of carbonyl (C=O) groups is 1. The predicted molar refractivity (Wildman–Crippen MR) is 98.9 cm³/mol. The van der Waals surface area contributed by atoms with Crippen LogP contribution in [0.2, 0.25) is 0 Å². The summed E-state index contributed by atoms with van der Waals surface area (Å²) in [6, 6.07) is 15.8. The van der Waals surface area contributed by atoms with Gasteiger partial charge in [0.15, 0.2) is 0 Å². The average Bonchev–Trinajstić information content (AvgIpc) is 2.52. The third-order valence-corrected chi connectivity index (χ3v) is 3.42. The van der Waals surface area contributed by atoms with E-state index in [9.17, 15) is 4.79 Å². The van der Waals surface area contributed by atoms with E-state index in [-0.39, 0.29) is 17.9 Å². The number of hydrogen-bond donors (Lipinski definition) is 1. The van der Waals surface area contributed by atoms with Crippen LogP contribution in [0.3, 0.4) is 0 Å². The lowest BCUT2D eigenvalue weighted by molar-refractivity contribution is -0.121. The molecule has 0 unspecified atom stereocenters. The Hall–Kier alpha value is -2.55. The van der Waals surface area contributed by atoms with E-state index in [0.29, 0.717) is 6.61 Å². The highest BCUT2D eigenvalue weighted by molar-refractivity contribution is 5.80. The Labute approximate surface area is 144 Å². The molecular weight excluding hydrogens is 298 g/mol. The lowest BCUT2D eigenvalue weighted by Crippen LogP contribution is -2.41. The van der Waals surface area contributed by atoms with Gasteiger partial charge < -0.3 is 10.1 Å². The molecule has 0 atom stereocenters. The zero-order valence-corrected chi connectivity index (χ0v) is 14.6. The van der Waals surface area contributed by atoms with Gasteiger partial charge in [-0.1, -0.05) is 49.1 Å². The molecular formula is C21H25NO2. The van der Waals surface area contributed by atoms with Crippen LogP contribution in [0.15, 0.2) is 55.1 Å². The van der Waals surface area contributed by atoms with Crippen LogP contribution in [0.4, 0.5) is 0 Å². The second kappa shape index (κ2) is 7.82. The van der Waals surface area contributed by atoms with Crippen LogP contribution >= 0.6 is 0 Å². The van der Waals surface area contributed by atoms with Gasteiger partial charge in [0, 0.05) is 11.1 Å². The quantitative estimate of drug-likeness (QED) is 0.857. The molecule has 0 aromatic heterocycles. The van der Waals surface area contributed by atoms with Gasteiger partial charge in [0.25, 0.3) is 0 Å². The number of amides is 1. The molecule has 24 heavy (non-hydrogen) atoms. The monoisotopic (exact) mass is 323 g/mol. The van der Waals surface area contributed by atoms with Crippen molar-refractivity contribution in [1.82, 2.24) is 5.32 Å². The van der Waals surface area contributed by atoms with E-state index in [2.05, 4.69) is 11.9 Å². The fraction of sp³-hybridized carbons (Fsp3) is 0.286. The molecule has 0 aliphatic rings. The molecule has 126 valence electrons. The summed E-state index contributed by atoms with van der Waals surface area (Å²) in [4.78, 5) is 12.3. The Kier molecular flexibility index (Phi) is 5.80. The smallest absolute Gasteiger partial charge is 0.224 e. The van der Waals surface area contributed by atoms with Crippen LogP contribution in [0, 0.1) is 0 Å². The molecule has 0 fully saturated rings. The summed E-state index contributed by atoms with van der Waals surface area (Å²) in [5.74, 6) is 0.710. The molecule has 0 aliphatic heterocycles. The third-order valence-electron chi connectivity index (χ3n) is 3.42. The van der Waals surface area contributed by atoms with Crippen LogP contribution in [0.5, 0.6) is 5.75 Å². The first-order valence-electron chi connectivity index (χ1n) is 8.10. The zero-order valence-electron chi connectivity index (χ0n) is 14.6. The van der Waals surface area contributed by atoms with Gasteiger partial charge in [-0.25, -0.2) is 0 Å². The van der Waals surface area contributed by atoms with Crippen molar-refractivity contribution in [2.24, 2.45) is 0 Å². The van der Waals surface area contributed by atoms with E-state index in [1.165, 1.54) is 0 Å². The van der Waals surface area contributed by atoms with Gasteiger partial charge in [0.05, 0.1) is 6.42 Å². The SMILES string of the molecule is C=Cc1ccc(OCc2ccccc2)c(CC(=O)NC(C)(C)C)c1. The van der Waals surface area contributed by atoms with E-state index < -0.39 is 0 Å². The topological polar surface area (TPSA) is 38.3 Å². The number of nitrogens with one attached hydrogen (secondary N) is 1. The molecule has 0 saturated carbocycles. The number of hydrogen-bond acceptors (Lipinski definition) is 2. The molecule has 1 N–H and O–H groups in total. The first-order valence-corrected chi connectivity index (χ1v) is 8.10. The van der Waals surface area contributed by atoms with Crippen LogP contribution in [-0.4, -0.2) is 11.4 Å². The third kappa shape index (κ3) is 5.58. The Balaban J connectivity index is 2.15. The lowest BCUT2D eigenvalue weighted by Gasteiger charge is -2.21. The van der Waals surface area contributed by atoms with Gasteiger partial charge in [-0.2, -0.15) is 0 Å². The molecule has 3 nitrogen and oxygen atoms in total. The van der Waals surface area contributed by atoms with Crippen molar-refractivity contribution in [2.75, 3.05) is 0 Å². The molecule has 0 bridgehead atoms. The molecule has 1 amide bonds. The highest BCUT2D eigenvalue weighted by Crippen LogP contribution is 2.23. The van der Waals surface area contributed by atoms with Crippen molar-refractivity contribution < 1.29 is 9.53 Å². The normalized spacial score (nSPS) is 11.0. The average molecular weight is 323 g/mol. The van der Waals surface area contributed by atoms with Crippen molar-refractivity contribution in [2.45, 2.75) is 39.3 Å². The van der Waals surface area contributed by atoms with Gasteiger partial charge >= 0.3 is 0 Å². The number of ether oxygens (including phenoxy) is 1. The zero-order chi connectivity index (χ0) is 17.6. The number of benzene rings is 2. The van der Waals surface area contributed by atoms with E-state index in [1.807, 2.05) is 69.3 Å². The summed E-state index contributed by atoms with van der Waals surface area (Å²) in [5, 5.41) is 2.99. The molecule has 2 aromatic rings. The molecule has 3 heteroatoms. The molecule has 2 rings (SSSR count). The van der Waals surface area contributed by atoms with Gasteiger partial charge in [-0.15, -0.1) is 0 Å². The lowest BCUT2D eigenvalue weighted by atomic mass is 10.0. The van der Waals surface area contributed by atoms with Crippen molar-refractivity contribution >= 4 is 12.0 Å². The summed E-state index contributed by atoms with van der Waals surface area (Å²) in [5.41, 5.74) is 2.68. The summed E-state index contributed by atoms with van der Waals surface area (Å²) >= 11 is 0. The standard InChI is InChI=1S/C21H25NO2/c1-5-16-11-12-19(24-15-17-9-7-6-8-10-17)18(13-16)14-20(23)22-21(2,3)4/h5-13H,1,14-15H2,2-4H3,(H,22,23). The van der Waals surface area contributed by atoms with Crippen LogP contribution in [0.25, 0.3) is 6.08 Å². The number of rotatable bonds is 6. The van der Waals surface area contributed by atoms with Crippen molar-refractivity contribution in [1.29, 1.82) is 0 Å². The Morgan fingerprint density at radius 3 is 2.50 bits per heavy atom. The molecule has 0 radical (unpaired) electrons. The summed E-state index contributed by atoms with van der Waals surface area (Å²) in [7, 11) is 0. The molecule has 0 aliphatic carbocycles. The van der Waals surface area contributed by atoms with E-state index in [4.69, 9.17) is 4.74 Å². The fourth-order valence-corrected chi connectivity index (χ4v) is 2.38. The summed E-state index contributed by atoms with van der Waals surface area (Å²) in [6.45, 7) is 10.2. The first kappa shape index (κ1) is 17.8. The maximum Gasteiger partial charge on any atom is 0.224 e. The van der Waals surface area contributed by atoms with Gasteiger partial charge in [0.1, 0.15) is 12.4 Å². The van der Waals surface area contributed by atoms with E-state index in [0.717, 1.165) is 22.4 Å². The minimum atomic E-state index is -0.252. The molecule has 2 aromatic carbocycles. The second-order valence-electron chi connectivity index (χ2n) is 6.82. The maximum atomic E-state index is 12.3. The number of carbonyl (C=O) groups excluding carboxylic acids is 1. The minimum Gasteiger partial charge on any atom is -0.489 e. The second-order valence-corrected chi connectivity index (χ2v) is 6.82. The van der Waals surface area contributed by atoms with Gasteiger partial charge in [0.2, 0.25) is 5.91 Å². The van der Waals surface area contributed by atoms with Gasteiger partial charge in [-0.3, -0.25) is 4.79 Å². The van der Waals surface area contributed by atoms with E-state index in [1.54, 1.807) is 6.08 Å². The molecule has 0 spiro atoms. The van der Waals surface area contributed by atoms with Crippen LogP contribution < -0.4 is 10.1 Å². The van der Waals surface area contributed by atoms with Crippen molar-refractivity contribution in [3.8, 4) is 5.75 Å². The van der Waals surface area contributed by atoms with Crippen molar-refractivity contribution in [3.63, 3.8) is 0 Å². The summed E-state index contributed by atoms with van der Waals surface area (Å²) in [6.07, 6.45) is 2.05. The Bertz CT molecular complexity index is 700. The highest BCUT2D eigenvalue weighted by atomic mass is 16.5. The van der Waals surface area contributed by atoms with Crippen LogP contribution in [-0.2, 0) is 17.8 Å². The Morgan fingerprint density at radius 1 is 1.17 bits per heavy atom. The van der Waals surface area contributed by atoms with Gasteiger partial charge in [-0.05, 0) is 44.0 Å². The van der Waals surface area contributed by atoms with E-state index >= 15 is 0 Å². The highest BCUT2D eigenvalue weighted by Gasteiger charge is 2.16.